The van der Waals surface area contributed by atoms with E-state index in [2.05, 4.69) is 20.4 Å². The van der Waals surface area contributed by atoms with Crippen molar-refractivity contribution in [2.75, 3.05) is 6.61 Å². The minimum Gasteiger partial charge on any atom is -0.379 e. The van der Waals surface area contributed by atoms with Crippen LogP contribution < -0.4 is 0 Å². The van der Waals surface area contributed by atoms with Crippen LogP contribution in [0, 0.1) is 28.1 Å². The van der Waals surface area contributed by atoms with Crippen LogP contribution in [0.4, 0.5) is 0 Å². The topological polar surface area (TPSA) is 46.5 Å². The second-order valence-electron chi connectivity index (χ2n) is 9.53. The van der Waals surface area contributed by atoms with E-state index in [1.807, 2.05) is 6.92 Å². The number of Topliss-reactive ketones (excluding diaryl/α,β-unsaturated/α-hetero) is 1. The van der Waals surface area contributed by atoms with Gasteiger partial charge < -0.3 is 9.84 Å². The average Bonchev–Trinajstić information content (AvgIpc) is 2.51. The molecule has 2 saturated heterocycles. The van der Waals surface area contributed by atoms with Crippen molar-refractivity contribution in [2.24, 2.45) is 28.1 Å². The van der Waals surface area contributed by atoms with Crippen LogP contribution in [0.1, 0.15) is 59.3 Å². The van der Waals surface area contributed by atoms with E-state index in [0.717, 1.165) is 32.3 Å². The molecule has 128 valence electrons. The summed E-state index contributed by atoms with van der Waals surface area (Å²) in [5, 5.41) is 11.6. The van der Waals surface area contributed by atoms with Gasteiger partial charge in [0.1, 0.15) is 0 Å². The molecule has 2 heterocycles. The van der Waals surface area contributed by atoms with Crippen molar-refractivity contribution in [1.82, 2.24) is 0 Å². The van der Waals surface area contributed by atoms with Gasteiger partial charge >= 0.3 is 0 Å². The van der Waals surface area contributed by atoms with Gasteiger partial charge in [0.15, 0.2) is 11.4 Å². The van der Waals surface area contributed by atoms with Gasteiger partial charge in [-0.05, 0) is 50.4 Å². The van der Waals surface area contributed by atoms with Crippen LogP contribution >= 0.6 is 0 Å². The molecule has 1 spiro atoms. The molecule has 3 heteroatoms. The fourth-order valence-electron chi connectivity index (χ4n) is 6.77. The lowest BCUT2D eigenvalue weighted by Crippen LogP contribution is -2.76. The van der Waals surface area contributed by atoms with Gasteiger partial charge in [0.2, 0.25) is 0 Å². The molecule has 3 saturated carbocycles. The molecular weight excluding hydrogens is 288 g/mol. The number of ketones is 1. The largest absolute Gasteiger partial charge is 0.379 e. The first-order chi connectivity index (χ1) is 10.7. The lowest BCUT2D eigenvalue weighted by molar-refractivity contribution is -0.310. The first kappa shape index (κ1) is 15.8. The lowest BCUT2D eigenvalue weighted by atomic mass is 9.39. The van der Waals surface area contributed by atoms with Crippen LogP contribution in [0.3, 0.4) is 0 Å². The van der Waals surface area contributed by atoms with Crippen LogP contribution in [-0.4, -0.2) is 29.2 Å². The molecule has 3 aliphatic carbocycles. The molecule has 0 aromatic rings. The zero-order chi connectivity index (χ0) is 16.7. The van der Waals surface area contributed by atoms with Crippen molar-refractivity contribution >= 4 is 5.78 Å². The van der Waals surface area contributed by atoms with Crippen LogP contribution in [0.15, 0.2) is 12.7 Å². The average molecular weight is 318 g/mol. The molecule has 1 N–H and O–H groups in total. The van der Waals surface area contributed by atoms with Crippen molar-refractivity contribution in [3.8, 4) is 0 Å². The monoisotopic (exact) mass is 318 g/mol. The number of allylic oxidation sites excluding steroid dienone is 1. The molecule has 5 rings (SSSR count). The Bertz CT molecular complexity index is 563. The van der Waals surface area contributed by atoms with E-state index < -0.39 is 11.0 Å². The van der Waals surface area contributed by atoms with Gasteiger partial charge in [-0.25, -0.2) is 0 Å². The number of ether oxygens (including phenoxy) is 1. The lowest BCUT2D eigenvalue weighted by Gasteiger charge is -2.69. The summed E-state index contributed by atoms with van der Waals surface area (Å²) >= 11 is 0. The molecule has 6 unspecified atom stereocenters. The highest BCUT2D eigenvalue weighted by Crippen LogP contribution is 2.68. The molecule has 0 amide bonds. The summed E-state index contributed by atoms with van der Waals surface area (Å²) in [6.45, 7) is 11.3. The van der Waals surface area contributed by atoms with Gasteiger partial charge in [-0.3, -0.25) is 4.79 Å². The molecule has 0 radical (unpaired) electrons. The summed E-state index contributed by atoms with van der Waals surface area (Å²) in [5.41, 5.74) is -1.64. The highest BCUT2D eigenvalue weighted by molar-refractivity contribution is 5.95. The minimum absolute atomic E-state index is 0.0105. The fourth-order valence-corrected chi connectivity index (χ4v) is 6.77. The quantitative estimate of drug-likeness (QED) is 0.753. The van der Waals surface area contributed by atoms with E-state index in [9.17, 15) is 9.90 Å². The number of aliphatic hydroxyl groups is 1. The highest BCUT2D eigenvalue weighted by atomic mass is 16.5. The van der Waals surface area contributed by atoms with E-state index in [-0.39, 0.29) is 28.6 Å². The Morgan fingerprint density at radius 2 is 1.96 bits per heavy atom. The summed E-state index contributed by atoms with van der Waals surface area (Å²) in [6, 6.07) is 0. The molecule has 0 aromatic carbocycles. The van der Waals surface area contributed by atoms with Crippen molar-refractivity contribution in [3.05, 3.63) is 12.7 Å². The second kappa shape index (κ2) is 4.49. The summed E-state index contributed by atoms with van der Waals surface area (Å²) in [7, 11) is 0. The maximum Gasteiger partial charge on any atom is 0.176 e. The van der Waals surface area contributed by atoms with Gasteiger partial charge in [0.05, 0.1) is 12.7 Å². The van der Waals surface area contributed by atoms with Gasteiger partial charge in [0, 0.05) is 16.7 Å². The molecule has 6 atom stereocenters. The molecule has 2 aliphatic heterocycles. The fraction of sp³-hybridized carbons (Fsp3) is 0.850. The van der Waals surface area contributed by atoms with Gasteiger partial charge in [0.25, 0.3) is 0 Å². The van der Waals surface area contributed by atoms with E-state index in [4.69, 9.17) is 4.74 Å². The summed E-state index contributed by atoms with van der Waals surface area (Å²) in [4.78, 5) is 13.3. The molecule has 5 aliphatic rings. The van der Waals surface area contributed by atoms with Crippen LogP contribution in [-0.2, 0) is 9.53 Å². The normalized spacial score (nSPS) is 54.3. The third kappa shape index (κ3) is 1.71. The predicted molar refractivity (Wildman–Crippen MR) is 88.9 cm³/mol. The second-order valence-corrected chi connectivity index (χ2v) is 9.53. The number of hydrogen-bond acceptors (Lipinski definition) is 3. The van der Waals surface area contributed by atoms with E-state index in [1.54, 1.807) is 6.08 Å². The van der Waals surface area contributed by atoms with Crippen LogP contribution in [0.25, 0.3) is 0 Å². The molecule has 2 bridgehead atoms. The summed E-state index contributed by atoms with van der Waals surface area (Å²) < 4.78 is 6.11. The SMILES string of the molecule is C=CC1(C)CCC2C34CCCC(C)(C)C3CC(OC4)C2(O)C1=O. The van der Waals surface area contributed by atoms with Gasteiger partial charge in [-0.1, -0.05) is 26.3 Å². The Balaban J connectivity index is 1.82. The van der Waals surface area contributed by atoms with Crippen LogP contribution in [0.2, 0.25) is 0 Å². The number of carbonyl (C=O) groups excluding carboxylic acids is 1. The minimum atomic E-state index is -1.30. The van der Waals surface area contributed by atoms with Crippen molar-refractivity contribution in [1.29, 1.82) is 0 Å². The molecule has 3 nitrogen and oxygen atoms in total. The smallest absolute Gasteiger partial charge is 0.176 e. The number of carbonyl (C=O) groups is 1. The predicted octanol–water partition coefficient (Wildman–Crippen LogP) is 3.50. The van der Waals surface area contributed by atoms with Gasteiger partial charge in [-0.2, -0.15) is 0 Å². The molecule has 23 heavy (non-hydrogen) atoms. The third-order valence-electron chi connectivity index (χ3n) is 8.11. The Labute approximate surface area is 139 Å². The Hall–Kier alpha value is -0.670. The van der Waals surface area contributed by atoms with Crippen LogP contribution in [0.5, 0.6) is 0 Å². The zero-order valence-corrected chi connectivity index (χ0v) is 14.7. The first-order valence-electron chi connectivity index (χ1n) is 9.23. The number of rotatable bonds is 1. The Morgan fingerprint density at radius 3 is 2.65 bits per heavy atom. The summed E-state index contributed by atoms with van der Waals surface area (Å²) in [6.07, 6.45) is 7.49. The first-order valence-corrected chi connectivity index (χ1v) is 9.23. The molecular formula is C20H30O3. The maximum absolute atomic E-state index is 13.3. The highest BCUT2D eigenvalue weighted by Gasteiger charge is 2.73. The molecule has 5 fully saturated rings. The maximum atomic E-state index is 13.3. The van der Waals surface area contributed by atoms with Crippen molar-refractivity contribution in [3.63, 3.8) is 0 Å². The van der Waals surface area contributed by atoms with Crippen molar-refractivity contribution in [2.45, 2.75) is 71.0 Å². The summed E-state index contributed by atoms with van der Waals surface area (Å²) in [5.74, 6) is 0.586. The number of hydrogen-bond donors (Lipinski definition) is 1. The number of fused-ring (bicyclic) bond motifs is 1. The van der Waals surface area contributed by atoms with E-state index in [1.165, 1.54) is 12.8 Å². The molecule has 0 aromatic heterocycles. The zero-order valence-electron chi connectivity index (χ0n) is 14.7. The Kier molecular flexibility index (Phi) is 3.09. The van der Waals surface area contributed by atoms with Crippen molar-refractivity contribution < 1.29 is 14.6 Å². The standard InChI is InChI=1S/C20H30O3/c1-5-18(4)10-7-13-19-9-6-8-17(2,3)14(19)11-15(23-12-19)20(13,22)16(18)21/h5,13-15,22H,1,6-12H2,2-4H3. The van der Waals surface area contributed by atoms with Gasteiger partial charge in [-0.15, -0.1) is 6.58 Å². The van der Waals surface area contributed by atoms with E-state index >= 15 is 0 Å². The third-order valence-corrected chi connectivity index (χ3v) is 8.11. The Morgan fingerprint density at radius 1 is 1.22 bits per heavy atom. The van der Waals surface area contributed by atoms with E-state index in [0.29, 0.717) is 5.92 Å².